The first kappa shape index (κ1) is 20.9. The van der Waals surface area contributed by atoms with Crippen LogP contribution in [0.15, 0.2) is 36.5 Å². The molecule has 1 aliphatic heterocycles. The molecule has 9 heteroatoms. The van der Waals surface area contributed by atoms with Crippen molar-refractivity contribution in [1.29, 1.82) is 0 Å². The standard InChI is InChI=1S/C18H21FN4O2.ClHO/c1-13(2)25-16-7-8-20-18(21-16)23-11-9-22(10-12-23)17(24)14-3-5-15(19)6-4-14;1-2/h3-8,13H,9-12H2,1-2H3;2H. The van der Waals surface area contributed by atoms with Gasteiger partial charge < -0.3 is 14.5 Å². The van der Waals surface area contributed by atoms with E-state index in [1.807, 2.05) is 18.7 Å². The quantitative estimate of drug-likeness (QED) is 0.855. The third-order valence-electron chi connectivity index (χ3n) is 3.91. The van der Waals surface area contributed by atoms with E-state index in [0.717, 1.165) is 0 Å². The fourth-order valence-electron chi connectivity index (χ4n) is 2.68. The number of aromatic nitrogens is 2. The highest BCUT2D eigenvalue weighted by Gasteiger charge is 2.23. The Kier molecular flexibility index (Phi) is 7.75. The monoisotopic (exact) mass is 396 g/mol. The van der Waals surface area contributed by atoms with Gasteiger partial charge in [-0.3, -0.25) is 9.45 Å². The highest BCUT2D eigenvalue weighted by molar-refractivity contribution is 6.04. The van der Waals surface area contributed by atoms with Crippen LogP contribution in [0.2, 0.25) is 0 Å². The first-order valence-electron chi connectivity index (χ1n) is 8.49. The molecule has 1 N–H and O–H groups in total. The molecule has 1 aromatic carbocycles. The second-order valence-electron chi connectivity index (χ2n) is 6.15. The number of hydrogen-bond acceptors (Lipinski definition) is 6. The number of amides is 1. The average molecular weight is 397 g/mol. The van der Waals surface area contributed by atoms with Gasteiger partial charge in [0.25, 0.3) is 5.91 Å². The van der Waals surface area contributed by atoms with E-state index in [9.17, 15) is 9.18 Å². The number of nitrogens with zero attached hydrogens (tertiary/aromatic N) is 4. The van der Waals surface area contributed by atoms with Gasteiger partial charge in [0.05, 0.1) is 18.0 Å². The van der Waals surface area contributed by atoms with Crippen molar-refractivity contribution >= 4 is 23.7 Å². The topological polar surface area (TPSA) is 78.8 Å². The molecule has 3 rings (SSSR count). The lowest BCUT2D eigenvalue weighted by atomic mass is 10.2. The van der Waals surface area contributed by atoms with Crippen molar-refractivity contribution in [2.75, 3.05) is 31.1 Å². The Labute approximate surface area is 162 Å². The van der Waals surface area contributed by atoms with Gasteiger partial charge in [0.15, 0.2) is 0 Å². The Balaban J connectivity index is 0.00000126. The van der Waals surface area contributed by atoms with Crippen LogP contribution in [-0.2, 0) is 0 Å². The molecule has 2 aromatic rings. The molecule has 0 atom stereocenters. The Bertz CT molecular complexity index is 738. The van der Waals surface area contributed by atoms with E-state index in [-0.39, 0.29) is 17.8 Å². The largest absolute Gasteiger partial charge is 0.475 e. The minimum atomic E-state index is -0.345. The van der Waals surface area contributed by atoms with Gasteiger partial charge in [0, 0.05) is 44.0 Å². The summed E-state index contributed by atoms with van der Waals surface area (Å²) in [5, 5.41) is 0. The first-order valence-corrected chi connectivity index (χ1v) is 8.83. The van der Waals surface area contributed by atoms with Crippen LogP contribution >= 0.6 is 11.9 Å². The van der Waals surface area contributed by atoms with Crippen molar-refractivity contribution in [3.05, 3.63) is 47.9 Å². The van der Waals surface area contributed by atoms with Gasteiger partial charge in [-0.25, -0.2) is 9.37 Å². The fraction of sp³-hybridized carbons (Fsp3) is 0.389. The molecule has 2 heterocycles. The third-order valence-corrected chi connectivity index (χ3v) is 3.91. The maximum absolute atomic E-state index is 13.0. The molecule has 0 aliphatic carbocycles. The number of benzene rings is 1. The number of hydrogen-bond donors (Lipinski definition) is 1. The number of halogens is 2. The van der Waals surface area contributed by atoms with E-state index < -0.39 is 0 Å². The molecule has 27 heavy (non-hydrogen) atoms. The molecule has 1 aliphatic rings. The van der Waals surface area contributed by atoms with E-state index in [2.05, 4.69) is 21.8 Å². The molecule has 1 aromatic heterocycles. The van der Waals surface area contributed by atoms with Crippen LogP contribution in [0, 0.1) is 5.82 Å². The Morgan fingerprint density at radius 1 is 1.15 bits per heavy atom. The highest BCUT2D eigenvalue weighted by atomic mass is 35.5. The lowest BCUT2D eigenvalue weighted by molar-refractivity contribution is 0.0746. The van der Waals surface area contributed by atoms with Crippen LogP contribution < -0.4 is 9.64 Å². The molecule has 1 fully saturated rings. The predicted octanol–water partition coefficient (Wildman–Crippen LogP) is 2.50. The molecule has 0 spiro atoms. The molecular formula is C18H22ClFN4O3. The first-order chi connectivity index (χ1) is 13.0. The third kappa shape index (κ3) is 5.77. The van der Waals surface area contributed by atoms with Crippen molar-refractivity contribution < 1.29 is 18.6 Å². The zero-order valence-electron chi connectivity index (χ0n) is 15.2. The SMILES string of the molecule is CC(C)Oc1ccnc(N2CCN(C(=O)c3ccc(F)cc3)CC2)n1.OCl. The second-order valence-corrected chi connectivity index (χ2v) is 6.15. The fourth-order valence-corrected chi connectivity index (χ4v) is 2.68. The molecule has 7 nitrogen and oxygen atoms in total. The van der Waals surface area contributed by atoms with Gasteiger partial charge in [-0.15, -0.1) is 0 Å². The number of rotatable bonds is 4. The Morgan fingerprint density at radius 2 is 1.78 bits per heavy atom. The van der Waals surface area contributed by atoms with Crippen molar-refractivity contribution in [2.24, 2.45) is 0 Å². The summed E-state index contributed by atoms with van der Waals surface area (Å²) in [6.07, 6.45) is 1.73. The summed E-state index contributed by atoms with van der Waals surface area (Å²) in [5.74, 6) is 0.719. The summed E-state index contributed by atoms with van der Waals surface area (Å²) in [7, 11) is 0. The molecule has 0 radical (unpaired) electrons. The van der Waals surface area contributed by atoms with E-state index in [4.69, 9.17) is 9.40 Å². The van der Waals surface area contributed by atoms with Gasteiger partial charge >= 0.3 is 0 Å². The molecule has 146 valence electrons. The molecule has 1 amide bonds. The number of piperazine rings is 1. The summed E-state index contributed by atoms with van der Waals surface area (Å²) in [6, 6.07) is 7.37. The molecule has 1 saturated heterocycles. The normalized spacial score (nSPS) is 13.9. The van der Waals surface area contributed by atoms with Crippen molar-refractivity contribution in [2.45, 2.75) is 20.0 Å². The maximum Gasteiger partial charge on any atom is 0.253 e. The summed E-state index contributed by atoms with van der Waals surface area (Å²) in [5.41, 5.74) is 0.499. The summed E-state index contributed by atoms with van der Waals surface area (Å²) in [6.45, 7) is 6.29. The van der Waals surface area contributed by atoms with Crippen LogP contribution in [0.4, 0.5) is 10.3 Å². The van der Waals surface area contributed by atoms with E-state index >= 15 is 0 Å². The van der Waals surface area contributed by atoms with Crippen LogP contribution in [0.1, 0.15) is 24.2 Å². The Morgan fingerprint density at radius 3 is 2.37 bits per heavy atom. The lowest BCUT2D eigenvalue weighted by Crippen LogP contribution is -2.49. The van der Waals surface area contributed by atoms with Gasteiger partial charge in [0.2, 0.25) is 11.8 Å². The van der Waals surface area contributed by atoms with Crippen LogP contribution in [0.5, 0.6) is 5.88 Å². The van der Waals surface area contributed by atoms with Crippen molar-refractivity contribution in [3.63, 3.8) is 0 Å². The number of ether oxygens (including phenoxy) is 1. The highest BCUT2D eigenvalue weighted by Crippen LogP contribution is 2.17. The number of anilines is 1. The number of carbonyl (C=O) groups is 1. The maximum atomic E-state index is 13.0. The van der Waals surface area contributed by atoms with E-state index in [1.165, 1.54) is 24.3 Å². The lowest BCUT2D eigenvalue weighted by Gasteiger charge is -2.34. The zero-order chi connectivity index (χ0) is 19.8. The molecule has 0 saturated carbocycles. The van der Waals surface area contributed by atoms with E-state index in [0.29, 0.717) is 43.6 Å². The van der Waals surface area contributed by atoms with Crippen LogP contribution in [0.3, 0.4) is 0 Å². The smallest absolute Gasteiger partial charge is 0.253 e. The summed E-state index contributed by atoms with van der Waals surface area (Å²) >= 11 is 3.64. The number of carbonyl (C=O) groups excluding carboxylic acids is 1. The summed E-state index contributed by atoms with van der Waals surface area (Å²) < 4.78 is 25.1. The molecule has 0 bridgehead atoms. The predicted molar refractivity (Wildman–Crippen MR) is 100 cm³/mol. The van der Waals surface area contributed by atoms with Crippen molar-refractivity contribution in [3.8, 4) is 5.88 Å². The van der Waals surface area contributed by atoms with Crippen LogP contribution in [-0.4, -0.2) is 57.7 Å². The van der Waals surface area contributed by atoms with Gasteiger partial charge in [-0.2, -0.15) is 4.98 Å². The molecule has 0 unspecified atom stereocenters. The average Bonchev–Trinajstić information content (AvgIpc) is 2.69. The minimum Gasteiger partial charge on any atom is -0.475 e. The zero-order valence-corrected chi connectivity index (χ0v) is 15.9. The van der Waals surface area contributed by atoms with Gasteiger partial charge in [-0.1, -0.05) is 0 Å². The van der Waals surface area contributed by atoms with Crippen molar-refractivity contribution in [1.82, 2.24) is 14.9 Å². The second kappa shape index (κ2) is 10.0. The summed E-state index contributed by atoms with van der Waals surface area (Å²) in [4.78, 5) is 25.0. The van der Waals surface area contributed by atoms with Crippen LogP contribution in [0.25, 0.3) is 0 Å². The van der Waals surface area contributed by atoms with Gasteiger partial charge in [0.1, 0.15) is 5.82 Å². The van der Waals surface area contributed by atoms with Gasteiger partial charge in [-0.05, 0) is 38.1 Å². The minimum absolute atomic E-state index is 0.0490. The van der Waals surface area contributed by atoms with E-state index in [1.54, 1.807) is 17.2 Å². The molecular weight excluding hydrogens is 375 g/mol. The Hall–Kier alpha value is -2.45.